The van der Waals surface area contributed by atoms with Gasteiger partial charge in [0.05, 0.1) is 5.56 Å². The minimum absolute atomic E-state index is 0.193. The fourth-order valence-corrected chi connectivity index (χ4v) is 2.65. The van der Waals surface area contributed by atoms with E-state index in [2.05, 4.69) is 10.3 Å². The molecular formula is C19H15ClN2O. The summed E-state index contributed by atoms with van der Waals surface area (Å²) >= 11 is 6.00. The average Bonchev–Trinajstić information content (AvgIpc) is 2.56. The van der Waals surface area contributed by atoms with Crippen LogP contribution < -0.4 is 5.32 Å². The van der Waals surface area contributed by atoms with E-state index in [1.54, 1.807) is 18.3 Å². The van der Waals surface area contributed by atoms with Gasteiger partial charge in [0.15, 0.2) is 0 Å². The normalized spacial score (nSPS) is 10.3. The monoisotopic (exact) mass is 322 g/mol. The van der Waals surface area contributed by atoms with Gasteiger partial charge in [-0.3, -0.25) is 4.79 Å². The molecule has 0 aliphatic heterocycles. The number of nitrogens with one attached hydrogen (secondary N) is 1. The van der Waals surface area contributed by atoms with Gasteiger partial charge in [-0.15, -0.1) is 0 Å². The number of pyridine rings is 1. The molecule has 1 aromatic heterocycles. The molecule has 0 unspecified atom stereocenters. The number of halogens is 1. The Labute approximate surface area is 140 Å². The van der Waals surface area contributed by atoms with Crippen LogP contribution in [-0.4, -0.2) is 10.9 Å². The summed E-state index contributed by atoms with van der Waals surface area (Å²) in [5, 5.41) is 3.12. The lowest BCUT2D eigenvalue weighted by Crippen LogP contribution is -2.13. The maximum Gasteiger partial charge on any atom is 0.258 e. The van der Waals surface area contributed by atoms with Crippen molar-refractivity contribution in [1.82, 2.24) is 4.98 Å². The Kier molecular flexibility index (Phi) is 4.40. The summed E-state index contributed by atoms with van der Waals surface area (Å²) < 4.78 is 0. The van der Waals surface area contributed by atoms with Crippen LogP contribution in [0.3, 0.4) is 0 Å². The van der Waals surface area contributed by atoms with Gasteiger partial charge < -0.3 is 5.32 Å². The number of nitrogens with zero attached hydrogens (tertiary/aromatic N) is 1. The summed E-state index contributed by atoms with van der Waals surface area (Å²) in [4.78, 5) is 16.4. The Morgan fingerprint density at radius 3 is 2.39 bits per heavy atom. The topological polar surface area (TPSA) is 42.0 Å². The molecule has 1 N–H and O–H groups in total. The van der Waals surface area contributed by atoms with Gasteiger partial charge in [0.25, 0.3) is 5.91 Å². The molecule has 3 nitrogen and oxygen atoms in total. The number of aryl methyl sites for hydroxylation is 1. The molecule has 2 aromatic carbocycles. The highest BCUT2D eigenvalue weighted by Gasteiger charge is 2.14. The van der Waals surface area contributed by atoms with Gasteiger partial charge in [-0.1, -0.05) is 54.1 Å². The first-order chi connectivity index (χ1) is 11.2. The summed E-state index contributed by atoms with van der Waals surface area (Å²) in [6.07, 6.45) is 1.56. The summed E-state index contributed by atoms with van der Waals surface area (Å²) in [5.74, 6) is -0.274. The van der Waals surface area contributed by atoms with Gasteiger partial charge in [0.2, 0.25) is 0 Å². The van der Waals surface area contributed by atoms with Gasteiger partial charge >= 0.3 is 0 Å². The molecule has 114 valence electrons. The van der Waals surface area contributed by atoms with Crippen molar-refractivity contribution in [1.29, 1.82) is 0 Å². The molecule has 4 heteroatoms. The number of rotatable bonds is 3. The van der Waals surface area contributed by atoms with Crippen LogP contribution in [0.5, 0.6) is 0 Å². The van der Waals surface area contributed by atoms with E-state index in [1.165, 1.54) is 0 Å². The van der Waals surface area contributed by atoms with E-state index in [9.17, 15) is 4.79 Å². The number of anilines is 1. The maximum absolute atomic E-state index is 12.5. The second-order valence-electron chi connectivity index (χ2n) is 5.16. The minimum atomic E-state index is -0.274. The van der Waals surface area contributed by atoms with Crippen LogP contribution in [0, 0.1) is 6.92 Å². The second kappa shape index (κ2) is 6.63. The molecule has 0 fully saturated rings. The van der Waals surface area contributed by atoms with E-state index in [4.69, 9.17) is 11.6 Å². The molecular weight excluding hydrogens is 308 g/mol. The lowest BCUT2D eigenvalue weighted by atomic mass is 9.99. The van der Waals surface area contributed by atoms with Crippen molar-refractivity contribution in [2.24, 2.45) is 0 Å². The molecule has 0 radical (unpaired) electrons. The zero-order chi connectivity index (χ0) is 16.2. The summed E-state index contributed by atoms with van der Waals surface area (Å²) in [6, 6.07) is 19.1. The standard InChI is InChI=1S/C19H15ClN2O/c1-13-7-2-3-8-14(13)15-9-4-5-11-17(15)22-19(23)16-10-6-12-21-18(16)20/h2-12H,1H3,(H,22,23). The number of aromatic nitrogens is 1. The van der Waals surface area contributed by atoms with Crippen LogP contribution in [-0.2, 0) is 0 Å². The fourth-order valence-electron chi connectivity index (χ4n) is 2.45. The molecule has 1 heterocycles. The maximum atomic E-state index is 12.5. The third-order valence-electron chi connectivity index (χ3n) is 3.61. The largest absolute Gasteiger partial charge is 0.321 e. The molecule has 0 aliphatic rings. The molecule has 23 heavy (non-hydrogen) atoms. The van der Waals surface area contributed by atoms with Crippen molar-refractivity contribution in [2.45, 2.75) is 6.92 Å². The third-order valence-corrected chi connectivity index (χ3v) is 3.92. The Bertz CT molecular complexity index is 861. The average molecular weight is 323 g/mol. The van der Waals surface area contributed by atoms with Crippen molar-refractivity contribution in [2.75, 3.05) is 5.32 Å². The van der Waals surface area contributed by atoms with Crippen LogP contribution in [0.2, 0.25) is 5.15 Å². The van der Waals surface area contributed by atoms with Crippen LogP contribution in [0.25, 0.3) is 11.1 Å². The quantitative estimate of drug-likeness (QED) is 0.692. The Balaban J connectivity index is 1.98. The zero-order valence-electron chi connectivity index (χ0n) is 12.6. The van der Waals surface area contributed by atoms with E-state index in [1.807, 2.05) is 55.5 Å². The van der Waals surface area contributed by atoms with E-state index in [0.29, 0.717) is 5.56 Å². The second-order valence-corrected chi connectivity index (χ2v) is 5.51. The fraction of sp³-hybridized carbons (Fsp3) is 0.0526. The minimum Gasteiger partial charge on any atom is -0.321 e. The summed E-state index contributed by atoms with van der Waals surface area (Å²) in [7, 11) is 0. The van der Waals surface area contributed by atoms with Gasteiger partial charge in [-0.05, 0) is 36.2 Å². The van der Waals surface area contributed by atoms with Gasteiger partial charge in [0, 0.05) is 17.4 Å². The SMILES string of the molecule is Cc1ccccc1-c1ccccc1NC(=O)c1cccnc1Cl. The number of carbonyl (C=O) groups is 1. The molecule has 0 spiro atoms. The molecule has 0 saturated carbocycles. The van der Waals surface area contributed by atoms with Crippen molar-refractivity contribution in [3.05, 3.63) is 83.1 Å². The van der Waals surface area contributed by atoms with E-state index < -0.39 is 0 Å². The highest BCUT2D eigenvalue weighted by molar-refractivity contribution is 6.33. The van der Waals surface area contributed by atoms with Gasteiger partial charge in [-0.25, -0.2) is 4.98 Å². The highest BCUT2D eigenvalue weighted by Crippen LogP contribution is 2.30. The number of hydrogen-bond donors (Lipinski definition) is 1. The first-order valence-electron chi connectivity index (χ1n) is 7.23. The van der Waals surface area contributed by atoms with Crippen molar-refractivity contribution in [3.8, 4) is 11.1 Å². The van der Waals surface area contributed by atoms with Gasteiger partial charge in [0.1, 0.15) is 5.15 Å². The first-order valence-corrected chi connectivity index (χ1v) is 7.61. The van der Waals surface area contributed by atoms with Gasteiger partial charge in [-0.2, -0.15) is 0 Å². The van der Waals surface area contributed by atoms with Crippen molar-refractivity contribution >= 4 is 23.2 Å². The van der Waals surface area contributed by atoms with E-state index in [0.717, 1.165) is 22.4 Å². The van der Waals surface area contributed by atoms with E-state index in [-0.39, 0.29) is 11.1 Å². The molecule has 0 bridgehead atoms. The van der Waals surface area contributed by atoms with Crippen LogP contribution in [0.1, 0.15) is 15.9 Å². The summed E-state index contributed by atoms with van der Waals surface area (Å²) in [6.45, 7) is 2.05. The number of benzene rings is 2. The highest BCUT2D eigenvalue weighted by atomic mass is 35.5. The molecule has 0 aliphatic carbocycles. The van der Waals surface area contributed by atoms with Crippen LogP contribution >= 0.6 is 11.6 Å². The van der Waals surface area contributed by atoms with Crippen molar-refractivity contribution in [3.63, 3.8) is 0 Å². The third kappa shape index (κ3) is 3.25. The Morgan fingerprint density at radius 2 is 1.65 bits per heavy atom. The first kappa shape index (κ1) is 15.3. The van der Waals surface area contributed by atoms with Crippen LogP contribution in [0.4, 0.5) is 5.69 Å². The summed E-state index contributed by atoms with van der Waals surface area (Å²) in [5.41, 5.74) is 4.30. The number of hydrogen-bond acceptors (Lipinski definition) is 2. The predicted molar refractivity (Wildman–Crippen MR) is 93.8 cm³/mol. The molecule has 0 atom stereocenters. The van der Waals surface area contributed by atoms with Crippen LogP contribution in [0.15, 0.2) is 66.9 Å². The zero-order valence-corrected chi connectivity index (χ0v) is 13.3. The lowest BCUT2D eigenvalue weighted by Gasteiger charge is -2.13. The Hall–Kier alpha value is -2.65. The Morgan fingerprint density at radius 1 is 0.957 bits per heavy atom. The molecule has 1 amide bonds. The van der Waals surface area contributed by atoms with Crippen molar-refractivity contribution < 1.29 is 4.79 Å². The number of carbonyl (C=O) groups excluding carboxylic acids is 1. The van der Waals surface area contributed by atoms with E-state index >= 15 is 0 Å². The number of amides is 1. The molecule has 0 saturated heterocycles. The number of para-hydroxylation sites is 1. The smallest absolute Gasteiger partial charge is 0.258 e. The predicted octanol–water partition coefficient (Wildman–Crippen LogP) is 4.96. The molecule has 3 aromatic rings. The lowest BCUT2D eigenvalue weighted by molar-refractivity contribution is 0.102. The molecule has 3 rings (SSSR count).